The minimum atomic E-state index is -0.280. The largest absolute Gasteiger partial charge is 0.484 e. The Morgan fingerprint density at radius 3 is 2.82 bits per heavy atom. The molecule has 2 aromatic rings. The van der Waals surface area contributed by atoms with Crippen molar-refractivity contribution in [3.05, 3.63) is 38.4 Å². The van der Waals surface area contributed by atoms with Crippen molar-refractivity contribution in [3.63, 3.8) is 0 Å². The summed E-state index contributed by atoms with van der Waals surface area (Å²) in [5, 5.41) is 3.16. The minimum absolute atomic E-state index is 0.0845. The van der Waals surface area contributed by atoms with E-state index in [0.717, 1.165) is 22.1 Å². The molecule has 0 fully saturated rings. The molecule has 0 bridgehead atoms. The molecule has 0 spiro atoms. The number of Topliss-reactive ketones (excluding diaryl/α,β-unsaturated/α-hetero) is 1. The Bertz CT molecular complexity index is 712. The van der Waals surface area contributed by atoms with E-state index in [-0.39, 0.29) is 18.3 Å². The number of carbonyl (C=O) groups excluding carboxylic acids is 2. The zero-order valence-corrected chi connectivity index (χ0v) is 14.6. The van der Waals surface area contributed by atoms with Gasteiger partial charge in [0.05, 0.1) is 10.6 Å². The van der Waals surface area contributed by atoms with Gasteiger partial charge >= 0.3 is 0 Å². The number of hydrogen-bond donors (Lipinski definition) is 1. The Labute approximate surface area is 145 Å². The molecular weight excluding hydrogens is 415 g/mol. The van der Waals surface area contributed by atoms with Crippen LogP contribution < -0.4 is 10.1 Å². The standard InChI is InChI=1S/C15H13IN2O3S/c16-9-4-6-10(7-5-9)21-8-13(20)18-15-17-11-2-1-3-12(19)14(11)22-15/h4-7H,1-3,8H2,(H,17,18,20). The van der Waals surface area contributed by atoms with Crippen molar-refractivity contribution in [1.29, 1.82) is 0 Å². The molecule has 5 nitrogen and oxygen atoms in total. The highest BCUT2D eigenvalue weighted by Crippen LogP contribution is 2.29. The summed E-state index contributed by atoms with van der Waals surface area (Å²) in [6.07, 6.45) is 2.20. The van der Waals surface area contributed by atoms with Crippen LogP contribution in [0, 0.1) is 3.57 Å². The number of ketones is 1. The fourth-order valence-corrected chi connectivity index (χ4v) is 3.51. The molecule has 1 aliphatic rings. The van der Waals surface area contributed by atoms with Crippen LogP contribution in [-0.2, 0) is 11.2 Å². The van der Waals surface area contributed by atoms with Gasteiger partial charge in [-0.25, -0.2) is 4.98 Å². The van der Waals surface area contributed by atoms with Crippen LogP contribution in [-0.4, -0.2) is 23.3 Å². The van der Waals surface area contributed by atoms with Gasteiger partial charge in [0, 0.05) is 9.99 Å². The molecule has 7 heteroatoms. The third kappa shape index (κ3) is 3.64. The molecule has 1 N–H and O–H groups in total. The average Bonchev–Trinajstić information content (AvgIpc) is 2.90. The molecule has 0 saturated heterocycles. The molecule has 1 heterocycles. The number of nitrogens with one attached hydrogen (secondary N) is 1. The summed E-state index contributed by atoms with van der Waals surface area (Å²) in [4.78, 5) is 28.6. The first-order valence-electron chi connectivity index (χ1n) is 6.83. The topological polar surface area (TPSA) is 68.3 Å². The number of aryl methyl sites for hydroxylation is 1. The molecule has 0 saturated carbocycles. The number of fused-ring (bicyclic) bond motifs is 1. The number of benzene rings is 1. The molecule has 114 valence electrons. The first-order chi connectivity index (χ1) is 10.6. The predicted octanol–water partition coefficient (Wildman–Crippen LogP) is 3.28. The number of nitrogens with zero attached hydrogens (tertiary/aromatic N) is 1. The highest BCUT2D eigenvalue weighted by Gasteiger charge is 2.22. The van der Waals surface area contributed by atoms with Gasteiger partial charge in [-0.3, -0.25) is 14.9 Å². The fraction of sp³-hybridized carbons (Fsp3) is 0.267. The van der Waals surface area contributed by atoms with Crippen LogP contribution in [0.25, 0.3) is 0 Å². The maximum absolute atomic E-state index is 11.9. The lowest BCUT2D eigenvalue weighted by Crippen LogP contribution is -2.20. The number of aromatic nitrogens is 1. The number of ether oxygens (including phenoxy) is 1. The summed E-state index contributed by atoms with van der Waals surface area (Å²) >= 11 is 3.45. The van der Waals surface area contributed by atoms with Crippen LogP contribution in [0.4, 0.5) is 5.13 Å². The van der Waals surface area contributed by atoms with Gasteiger partial charge in [0.1, 0.15) is 5.75 Å². The second kappa shape index (κ2) is 6.74. The lowest BCUT2D eigenvalue weighted by molar-refractivity contribution is -0.118. The summed E-state index contributed by atoms with van der Waals surface area (Å²) in [6.45, 7) is -0.0845. The van der Waals surface area contributed by atoms with Crippen molar-refractivity contribution >= 4 is 50.7 Å². The van der Waals surface area contributed by atoms with Gasteiger partial charge in [-0.2, -0.15) is 0 Å². The molecular formula is C15H13IN2O3S. The summed E-state index contributed by atoms with van der Waals surface area (Å²) in [7, 11) is 0. The van der Waals surface area contributed by atoms with Crippen LogP contribution in [0.3, 0.4) is 0 Å². The molecule has 1 amide bonds. The van der Waals surface area contributed by atoms with Crippen LogP contribution in [0.1, 0.15) is 28.2 Å². The van der Waals surface area contributed by atoms with Gasteiger partial charge in [0.15, 0.2) is 17.5 Å². The van der Waals surface area contributed by atoms with Crippen molar-refractivity contribution in [2.45, 2.75) is 19.3 Å². The highest BCUT2D eigenvalue weighted by molar-refractivity contribution is 14.1. The van der Waals surface area contributed by atoms with E-state index in [0.29, 0.717) is 22.2 Å². The number of rotatable bonds is 4. The second-order valence-corrected chi connectivity index (χ2v) is 7.11. The Balaban J connectivity index is 1.58. The van der Waals surface area contributed by atoms with E-state index in [4.69, 9.17) is 4.74 Å². The Hall–Kier alpha value is -1.48. The van der Waals surface area contributed by atoms with Crippen LogP contribution in [0.2, 0.25) is 0 Å². The SMILES string of the molecule is O=C(COc1ccc(I)cc1)Nc1nc2c(s1)C(=O)CCC2. The maximum Gasteiger partial charge on any atom is 0.264 e. The fourth-order valence-electron chi connectivity index (χ4n) is 2.16. The van der Waals surface area contributed by atoms with Crippen molar-refractivity contribution in [2.75, 3.05) is 11.9 Å². The van der Waals surface area contributed by atoms with Crippen molar-refractivity contribution in [2.24, 2.45) is 0 Å². The summed E-state index contributed by atoms with van der Waals surface area (Å²) in [5.74, 6) is 0.482. The molecule has 0 atom stereocenters. The monoisotopic (exact) mass is 428 g/mol. The maximum atomic E-state index is 11.9. The predicted molar refractivity (Wildman–Crippen MR) is 92.7 cm³/mol. The summed E-state index contributed by atoms with van der Waals surface area (Å²) in [5.41, 5.74) is 0.801. The zero-order valence-electron chi connectivity index (χ0n) is 11.6. The van der Waals surface area contributed by atoms with E-state index >= 15 is 0 Å². The Morgan fingerprint density at radius 2 is 2.09 bits per heavy atom. The first kappa shape index (κ1) is 15.4. The molecule has 0 aliphatic heterocycles. The number of carbonyl (C=O) groups is 2. The molecule has 0 radical (unpaired) electrons. The van der Waals surface area contributed by atoms with Crippen LogP contribution >= 0.6 is 33.9 Å². The van der Waals surface area contributed by atoms with E-state index in [1.54, 1.807) is 0 Å². The van der Waals surface area contributed by atoms with Crippen molar-refractivity contribution < 1.29 is 14.3 Å². The minimum Gasteiger partial charge on any atom is -0.484 e. The summed E-state index contributed by atoms with van der Waals surface area (Å²) in [6, 6.07) is 7.45. The highest BCUT2D eigenvalue weighted by atomic mass is 127. The first-order valence-corrected chi connectivity index (χ1v) is 8.72. The van der Waals surface area contributed by atoms with Crippen LogP contribution in [0.15, 0.2) is 24.3 Å². The van der Waals surface area contributed by atoms with E-state index < -0.39 is 0 Å². The van der Waals surface area contributed by atoms with Gasteiger partial charge in [-0.15, -0.1) is 0 Å². The lowest BCUT2D eigenvalue weighted by Gasteiger charge is -2.06. The van der Waals surface area contributed by atoms with E-state index in [2.05, 4.69) is 32.9 Å². The molecule has 1 aliphatic carbocycles. The van der Waals surface area contributed by atoms with Crippen molar-refractivity contribution in [3.8, 4) is 5.75 Å². The third-order valence-electron chi connectivity index (χ3n) is 3.20. The molecule has 22 heavy (non-hydrogen) atoms. The third-order valence-corrected chi connectivity index (χ3v) is 4.97. The van der Waals surface area contributed by atoms with Gasteiger partial charge in [-0.05, 0) is 59.7 Å². The normalized spacial score (nSPS) is 13.6. The van der Waals surface area contributed by atoms with Gasteiger partial charge in [0.2, 0.25) is 0 Å². The number of thiazole rings is 1. The Kier molecular flexibility index (Phi) is 4.72. The average molecular weight is 428 g/mol. The zero-order chi connectivity index (χ0) is 15.5. The Morgan fingerprint density at radius 1 is 1.32 bits per heavy atom. The summed E-state index contributed by atoms with van der Waals surface area (Å²) < 4.78 is 6.52. The molecule has 0 unspecified atom stereocenters. The van der Waals surface area contributed by atoms with E-state index in [1.807, 2.05) is 24.3 Å². The smallest absolute Gasteiger partial charge is 0.264 e. The van der Waals surface area contributed by atoms with Gasteiger partial charge in [0.25, 0.3) is 5.91 Å². The van der Waals surface area contributed by atoms with E-state index in [1.165, 1.54) is 11.3 Å². The number of amides is 1. The molecule has 1 aromatic carbocycles. The molecule has 3 rings (SSSR count). The van der Waals surface area contributed by atoms with Crippen molar-refractivity contribution in [1.82, 2.24) is 4.98 Å². The van der Waals surface area contributed by atoms with E-state index in [9.17, 15) is 9.59 Å². The van der Waals surface area contributed by atoms with Gasteiger partial charge in [-0.1, -0.05) is 11.3 Å². The van der Waals surface area contributed by atoms with Gasteiger partial charge < -0.3 is 4.74 Å². The number of hydrogen-bond acceptors (Lipinski definition) is 5. The molecule has 1 aromatic heterocycles. The quantitative estimate of drug-likeness (QED) is 0.760. The number of anilines is 1. The van der Waals surface area contributed by atoms with Crippen LogP contribution in [0.5, 0.6) is 5.75 Å². The second-order valence-electron chi connectivity index (χ2n) is 4.86. The number of halogens is 1. The lowest BCUT2D eigenvalue weighted by atomic mass is 10.0.